The number of nitrogens with zero attached hydrogens (tertiary/aromatic N) is 1. The number of benzene rings is 1. The maximum absolute atomic E-state index is 13.6. The molecule has 1 aromatic rings. The van der Waals surface area contributed by atoms with Gasteiger partial charge in [-0.1, -0.05) is 24.8 Å². The highest BCUT2D eigenvalue weighted by atomic mass is 19.1. The van der Waals surface area contributed by atoms with Crippen LogP contribution in [0.25, 0.3) is 0 Å². The summed E-state index contributed by atoms with van der Waals surface area (Å²) in [5.41, 5.74) is 6.72. The molecule has 4 heteroatoms. The van der Waals surface area contributed by atoms with Crippen LogP contribution in [0, 0.1) is 23.6 Å². The molecular formula is C16H21FN2O. The molecule has 1 heterocycles. The molecule has 0 aromatic heterocycles. The van der Waals surface area contributed by atoms with Gasteiger partial charge in [-0.3, -0.25) is 4.90 Å². The molecule has 0 spiro atoms. The molecule has 0 aliphatic carbocycles. The van der Waals surface area contributed by atoms with E-state index in [0.29, 0.717) is 18.0 Å². The molecular weight excluding hydrogens is 255 g/mol. The van der Waals surface area contributed by atoms with E-state index in [-0.39, 0.29) is 25.0 Å². The zero-order valence-corrected chi connectivity index (χ0v) is 11.8. The Bertz CT molecular complexity index is 521. The summed E-state index contributed by atoms with van der Waals surface area (Å²) in [6, 6.07) is 5.19. The minimum Gasteiger partial charge on any atom is -0.395 e. The van der Waals surface area contributed by atoms with E-state index in [4.69, 9.17) is 5.73 Å². The van der Waals surface area contributed by atoms with Gasteiger partial charge in [-0.25, -0.2) is 4.39 Å². The Morgan fingerprint density at radius 2 is 2.30 bits per heavy atom. The summed E-state index contributed by atoms with van der Waals surface area (Å²) in [5.74, 6) is 5.61. The number of aliphatic hydroxyl groups is 1. The minimum atomic E-state index is -0.316. The SMILES string of the molecule is CC1CCN(Cc2ccc(F)c(C#CCN)c2)C1CO. The number of halogens is 1. The summed E-state index contributed by atoms with van der Waals surface area (Å²) in [4.78, 5) is 2.25. The second kappa shape index (κ2) is 6.85. The van der Waals surface area contributed by atoms with Gasteiger partial charge in [0.1, 0.15) is 5.82 Å². The van der Waals surface area contributed by atoms with Gasteiger partial charge in [0.25, 0.3) is 0 Å². The third kappa shape index (κ3) is 3.37. The van der Waals surface area contributed by atoms with Crippen LogP contribution in [0.5, 0.6) is 0 Å². The molecule has 0 bridgehead atoms. The maximum Gasteiger partial charge on any atom is 0.138 e. The van der Waals surface area contributed by atoms with Crippen molar-refractivity contribution in [2.24, 2.45) is 11.7 Å². The second-order valence-corrected chi connectivity index (χ2v) is 5.31. The van der Waals surface area contributed by atoms with E-state index < -0.39 is 0 Å². The van der Waals surface area contributed by atoms with Crippen LogP contribution in [-0.4, -0.2) is 35.7 Å². The molecule has 1 saturated heterocycles. The molecule has 1 aromatic carbocycles. The van der Waals surface area contributed by atoms with Crippen molar-refractivity contribution in [3.8, 4) is 11.8 Å². The van der Waals surface area contributed by atoms with Crippen molar-refractivity contribution in [1.29, 1.82) is 0 Å². The number of likely N-dealkylation sites (tertiary alicyclic amines) is 1. The van der Waals surface area contributed by atoms with Crippen molar-refractivity contribution in [2.75, 3.05) is 19.7 Å². The summed E-state index contributed by atoms with van der Waals surface area (Å²) in [7, 11) is 0. The Kier molecular flexibility index (Phi) is 5.13. The topological polar surface area (TPSA) is 49.5 Å². The van der Waals surface area contributed by atoms with Gasteiger partial charge in [-0.2, -0.15) is 0 Å². The molecule has 1 fully saturated rings. The summed E-state index contributed by atoms with van der Waals surface area (Å²) in [6.07, 6.45) is 1.09. The molecule has 20 heavy (non-hydrogen) atoms. The average molecular weight is 276 g/mol. The molecule has 1 aliphatic heterocycles. The highest BCUT2D eigenvalue weighted by Crippen LogP contribution is 2.25. The van der Waals surface area contributed by atoms with Crippen LogP contribution in [0.4, 0.5) is 4.39 Å². The van der Waals surface area contributed by atoms with Crippen LogP contribution >= 0.6 is 0 Å². The molecule has 0 radical (unpaired) electrons. The van der Waals surface area contributed by atoms with Gasteiger partial charge < -0.3 is 10.8 Å². The first kappa shape index (κ1) is 15.0. The van der Waals surface area contributed by atoms with Crippen molar-refractivity contribution >= 4 is 0 Å². The third-order valence-corrected chi connectivity index (χ3v) is 3.93. The summed E-state index contributed by atoms with van der Waals surface area (Å²) in [5, 5.41) is 9.46. The van der Waals surface area contributed by atoms with E-state index in [9.17, 15) is 9.50 Å². The third-order valence-electron chi connectivity index (χ3n) is 3.93. The molecule has 108 valence electrons. The Labute approximate surface area is 119 Å². The van der Waals surface area contributed by atoms with Crippen LogP contribution in [0.1, 0.15) is 24.5 Å². The fourth-order valence-corrected chi connectivity index (χ4v) is 2.73. The lowest BCUT2D eigenvalue weighted by Gasteiger charge is -2.25. The highest BCUT2D eigenvalue weighted by molar-refractivity contribution is 5.38. The number of rotatable bonds is 3. The van der Waals surface area contributed by atoms with Gasteiger partial charge in [-0.15, -0.1) is 0 Å². The maximum atomic E-state index is 13.6. The van der Waals surface area contributed by atoms with Crippen LogP contribution in [0.2, 0.25) is 0 Å². The summed E-state index contributed by atoms with van der Waals surface area (Å²) in [6.45, 7) is 4.23. The van der Waals surface area contributed by atoms with Gasteiger partial charge in [0.2, 0.25) is 0 Å². The lowest BCUT2D eigenvalue weighted by atomic mass is 10.0. The van der Waals surface area contributed by atoms with Crippen molar-refractivity contribution in [2.45, 2.75) is 25.9 Å². The molecule has 2 unspecified atom stereocenters. The fourth-order valence-electron chi connectivity index (χ4n) is 2.73. The molecule has 2 rings (SSSR count). The molecule has 0 amide bonds. The van der Waals surface area contributed by atoms with E-state index >= 15 is 0 Å². The number of hydrogen-bond donors (Lipinski definition) is 2. The smallest absolute Gasteiger partial charge is 0.138 e. The summed E-state index contributed by atoms with van der Waals surface area (Å²) < 4.78 is 13.6. The van der Waals surface area contributed by atoms with Gasteiger partial charge in [-0.05, 0) is 36.6 Å². The van der Waals surface area contributed by atoms with E-state index in [1.165, 1.54) is 6.07 Å². The summed E-state index contributed by atoms with van der Waals surface area (Å²) >= 11 is 0. The second-order valence-electron chi connectivity index (χ2n) is 5.31. The zero-order chi connectivity index (χ0) is 14.5. The molecule has 2 atom stereocenters. The largest absolute Gasteiger partial charge is 0.395 e. The van der Waals surface area contributed by atoms with Crippen LogP contribution in [0.15, 0.2) is 18.2 Å². The first-order valence-electron chi connectivity index (χ1n) is 6.98. The first-order valence-corrected chi connectivity index (χ1v) is 6.98. The van der Waals surface area contributed by atoms with E-state index in [1.54, 1.807) is 12.1 Å². The predicted molar refractivity (Wildman–Crippen MR) is 77.4 cm³/mol. The molecule has 3 N–H and O–H groups in total. The van der Waals surface area contributed by atoms with Gasteiger partial charge in [0.15, 0.2) is 0 Å². The van der Waals surface area contributed by atoms with Gasteiger partial charge in [0.05, 0.1) is 18.7 Å². The zero-order valence-electron chi connectivity index (χ0n) is 11.8. The van der Waals surface area contributed by atoms with E-state index in [0.717, 1.165) is 18.5 Å². The minimum absolute atomic E-state index is 0.169. The monoisotopic (exact) mass is 276 g/mol. The van der Waals surface area contributed by atoms with Crippen molar-refractivity contribution < 1.29 is 9.50 Å². The fraction of sp³-hybridized carbons (Fsp3) is 0.500. The highest BCUT2D eigenvalue weighted by Gasteiger charge is 2.30. The lowest BCUT2D eigenvalue weighted by molar-refractivity contribution is 0.134. The number of aliphatic hydroxyl groups excluding tert-OH is 1. The van der Waals surface area contributed by atoms with Gasteiger partial charge >= 0.3 is 0 Å². The molecule has 0 saturated carbocycles. The lowest BCUT2D eigenvalue weighted by Crippen LogP contribution is -2.34. The van der Waals surface area contributed by atoms with Crippen molar-refractivity contribution in [3.63, 3.8) is 0 Å². The Morgan fingerprint density at radius 3 is 3.00 bits per heavy atom. The van der Waals surface area contributed by atoms with Crippen LogP contribution < -0.4 is 5.73 Å². The standard InChI is InChI=1S/C16H21FN2O/c1-12-6-8-19(16(12)11-20)10-13-4-5-15(17)14(9-13)3-2-7-18/h4-5,9,12,16,20H,6-8,10-11,18H2,1H3. The first-order chi connectivity index (χ1) is 9.65. The van der Waals surface area contributed by atoms with Crippen molar-refractivity contribution in [3.05, 3.63) is 35.1 Å². The number of nitrogens with two attached hydrogens (primary N) is 1. The normalized spacial score (nSPS) is 22.6. The molecule has 1 aliphatic rings. The van der Waals surface area contributed by atoms with E-state index in [1.807, 2.05) is 0 Å². The predicted octanol–water partition coefficient (Wildman–Crippen LogP) is 1.34. The quantitative estimate of drug-likeness (QED) is 0.819. The van der Waals surface area contributed by atoms with Crippen LogP contribution in [0.3, 0.4) is 0 Å². The Balaban J connectivity index is 2.14. The Hall–Kier alpha value is -1.41. The number of hydrogen-bond acceptors (Lipinski definition) is 3. The Morgan fingerprint density at radius 1 is 1.50 bits per heavy atom. The average Bonchev–Trinajstić information content (AvgIpc) is 2.79. The van der Waals surface area contributed by atoms with Crippen molar-refractivity contribution in [1.82, 2.24) is 4.90 Å². The molecule has 3 nitrogen and oxygen atoms in total. The van der Waals surface area contributed by atoms with Crippen LogP contribution in [-0.2, 0) is 6.54 Å². The van der Waals surface area contributed by atoms with Gasteiger partial charge in [0, 0.05) is 12.6 Å². The van der Waals surface area contributed by atoms with E-state index in [2.05, 4.69) is 23.7 Å².